The van der Waals surface area contributed by atoms with Gasteiger partial charge in [-0.15, -0.1) is 0 Å². The van der Waals surface area contributed by atoms with Crippen LogP contribution in [0.2, 0.25) is 0 Å². The van der Waals surface area contributed by atoms with Gasteiger partial charge in [-0.25, -0.2) is 0 Å². The van der Waals surface area contributed by atoms with Crippen LogP contribution >= 0.6 is 0 Å². The Kier molecular flexibility index (Phi) is 4.88. The summed E-state index contributed by atoms with van der Waals surface area (Å²) in [6.07, 6.45) is 0.613. The number of imide groups is 1. The van der Waals surface area contributed by atoms with Gasteiger partial charge in [0, 0.05) is 19.0 Å². The largest absolute Gasteiger partial charge is 0.344 e. The Labute approximate surface area is 127 Å². The molecule has 1 saturated heterocycles. The first-order chi connectivity index (χ1) is 10.4. The van der Waals surface area contributed by atoms with Crippen LogP contribution in [-0.2, 0) is 25.6 Å². The van der Waals surface area contributed by atoms with Crippen LogP contribution in [0.15, 0.2) is 24.3 Å². The van der Waals surface area contributed by atoms with Gasteiger partial charge in [0.15, 0.2) is 0 Å². The Morgan fingerprint density at radius 1 is 1.32 bits per heavy atom. The van der Waals surface area contributed by atoms with Crippen LogP contribution in [0.3, 0.4) is 0 Å². The number of hydrogen-bond acceptors (Lipinski definition) is 4. The van der Waals surface area contributed by atoms with Crippen LogP contribution in [0.25, 0.3) is 0 Å². The van der Waals surface area contributed by atoms with Crippen LogP contribution in [0, 0.1) is 0 Å². The van der Waals surface area contributed by atoms with E-state index >= 15 is 0 Å². The zero-order chi connectivity index (χ0) is 16.1. The fourth-order valence-electron chi connectivity index (χ4n) is 2.22. The first-order valence-electron chi connectivity index (χ1n) is 6.93. The van der Waals surface area contributed by atoms with Gasteiger partial charge in [-0.1, -0.05) is 12.1 Å². The molecule has 4 amide bonds. The number of nitrogens with one attached hydrogen (secondary N) is 3. The van der Waals surface area contributed by atoms with Gasteiger partial charge in [-0.05, 0) is 24.1 Å². The van der Waals surface area contributed by atoms with Crippen molar-refractivity contribution in [1.82, 2.24) is 10.6 Å². The summed E-state index contributed by atoms with van der Waals surface area (Å²) in [4.78, 5) is 45.6. The molecule has 0 aliphatic carbocycles. The SMILES string of the molecule is CC(=O)Nc1cccc(CC(=O)N[C@@H]2CCC(=O)NC2=O)c1. The van der Waals surface area contributed by atoms with Crippen LogP contribution < -0.4 is 16.0 Å². The van der Waals surface area contributed by atoms with E-state index in [2.05, 4.69) is 16.0 Å². The molecule has 0 unspecified atom stereocenters. The fourth-order valence-corrected chi connectivity index (χ4v) is 2.22. The fraction of sp³-hybridized carbons (Fsp3) is 0.333. The molecule has 1 atom stereocenters. The van der Waals surface area contributed by atoms with E-state index in [0.29, 0.717) is 12.1 Å². The van der Waals surface area contributed by atoms with E-state index in [1.54, 1.807) is 24.3 Å². The van der Waals surface area contributed by atoms with Crippen LogP contribution in [0.1, 0.15) is 25.3 Å². The molecular formula is C15H17N3O4. The summed E-state index contributed by atoms with van der Waals surface area (Å²) in [5.74, 6) is -1.30. The molecule has 0 bridgehead atoms. The summed E-state index contributed by atoms with van der Waals surface area (Å²) in [6, 6.07) is 6.24. The van der Waals surface area contributed by atoms with Gasteiger partial charge in [0.2, 0.25) is 23.6 Å². The molecule has 2 rings (SSSR count). The highest BCUT2D eigenvalue weighted by atomic mass is 16.2. The quantitative estimate of drug-likeness (QED) is 0.687. The van der Waals surface area contributed by atoms with Gasteiger partial charge in [0.1, 0.15) is 6.04 Å². The van der Waals surface area contributed by atoms with Gasteiger partial charge in [0.05, 0.1) is 6.42 Å². The van der Waals surface area contributed by atoms with Gasteiger partial charge < -0.3 is 10.6 Å². The molecule has 7 nitrogen and oxygen atoms in total. The van der Waals surface area contributed by atoms with Crippen molar-refractivity contribution in [3.05, 3.63) is 29.8 Å². The summed E-state index contributed by atoms with van der Waals surface area (Å²) < 4.78 is 0. The zero-order valence-corrected chi connectivity index (χ0v) is 12.1. The monoisotopic (exact) mass is 303 g/mol. The third kappa shape index (κ3) is 4.41. The molecule has 1 aliphatic heterocycles. The lowest BCUT2D eigenvalue weighted by Gasteiger charge is -2.21. The number of anilines is 1. The highest BCUT2D eigenvalue weighted by molar-refractivity contribution is 6.01. The summed E-state index contributed by atoms with van der Waals surface area (Å²) in [5, 5.41) is 7.44. The highest BCUT2D eigenvalue weighted by Crippen LogP contribution is 2.12. The van der Waals surface area contributed by atoms with Gasteiger partial charge in [0.25, 0.3) is 0 Å². The van der Waals surface area contributed by atoms with E-state index in [9.17, 15) is 19.2 Å². The van der Waals surface area contributed by atoms with Crippen molar-refractivity contribution >= 4 is 29.3 Å². The first-order valence-corrected chi connectivity index (χ1v) is 6.93. The van der Waals surface area contributed by atoms with Crippen molar-refractivity contribution in [2.24, 2.45) is 0 Å². The molecule has 116 valence electrons. The second-order valence-electron chi connectivity index (χ2n) is 5.13. The number of hydrogen-bond donors (Lipinski definition) is 3. The molecule has 0 aromatic heterocycles. The molecule has 1 aromatic rings. The lowest BCUT2D eigenvalue weighted by Crippen LogP contribution is -2.52. The summed E-state index contributed by atoms with van der Waals surface area (Å²) in [7, 11) is 0. The standard InChI is InChI=1S/C15H17N3O4/c1-9(19)16-11-4-2-3-10(7-11)8-14(21)17-12-5-6-13(20)18-15(12)22/h2-4,7,12H,5-6,8H2,1H3,(H,16,19)(H,17,21)(H,18,20,22)/t12-/m1/s1. The maximum atomic E-state index is 12.0. The van der Waals surface area contributed by atoms with E-state index in [-0.39, 0.29) is 30.6 Å². The number of carbonyl (C=O) groups excluding carboxylic acids is 4. The molecule has 7 heteroatoms. The molecule has 1 heterocycles. The second-order valence-corrected chi connectivity index (χ2v) is 5.13. The Balaban J connectivity index is 1.93. The average Bonchev–Trinajstić information content (AvgIpc) is 2.41. The lowest BCUT2D eigenvalue weighted by atomic mass is 10.1. The van der Waals surface area contributed by atoms with E-state index in [4.69, 9.17) is 0 Å². The molecule has 3 N–H and O–H groups in total. The number of piperidine rings is 1. The molecule has 0 saturated carbocycles. The van der Waals surface area contributed by atoms with Crippen molar-refractivity contribution in [1.29, 1.82) is 0 Å². The Bertz CT molecular complexity index is 627. The maximum absolute atomic E-state index is 12.0. The Morgan fingerprint density at radius 2 is 2.09 bits per heavy atom. The summed E-state index contributed by atoms with van der Waals surface area (Å²) in [6.45, 7) is 1.41. The van der Waals surface area contributed by atoms with Gasteiger partial charge in [-0.3, -0.25) is 24.5 Å². The smallest absolute Gasteiger partial charge is 0.249 e. The third-order valence-corrected chi connectivity index (χ3v) is 3.19. The summed E-state index contributed by atoms with van der Waals surface area (Å²) >= 11 is 0. The molecule has 1 fully saturated rings. The van der Waals surface area contributed by atoms with Gasteiger partial charge in [-0.2, -0.15) is 0 Å². The molecule has 1 aliphatic rings. The maximum Gasteiger partial charge on any atom is 0.249 e. The highest BCUT2D eigenvalue weighted by Gasteiger charge is 2.27. The third-order valence-electron chi connectivity index (χ3n) is 3.19. The molecular weight excluding hydrogens is 286 g/mol. The normalized spacial score (nSPS) is 17.6. The van der Waals surface area contributed by atoms with Crippen LogP contribution in [-0.4, -0.2) is 29.7 Å². The van der Waals surface area contributed by atoms with Crippen LogP contribution in [0.4, 0.5) is 5.69 Å². The van der Waals surface area contributed by atoms with Gasteiger partial charge >= 0.3 is 0 Å². The van der Waals surface area contributed by atoms with Crippen molar-refractivity contribution in [3.8, 4) is 0 Å². The topological polar surface area (TPSA) is 104 Å². The Hall–Kier alpha value is -2.70. The number of rotatable bonds is 4. The van der Waals surface area contributed by atoms with Crippen LogP contribution in [0.5, 0.6) is 0 Å². The Morgan fingerprint density at radius 3 is 2.77 bits per heavy atom. The number of benzene rings is 1. The second kappa shape index (κ2) is 6.84. The first kappa shape index (κ1) is 15.7. The van der Waals surface area contributed by atoms with E-state index in [0.717, 1.165) is 5.56 Å². The number of amides is 4. The average molecular weight is 303 g/mol. The van der Waals surface area contributed by atoms with Crippen molar-refractivity contribution in [2.75, 3.05) is 5.32 Å². The van der Waals surface area contributed by atoms with Crippen molar-refractivity contribution < 1.29 is 19.2 Å². The molecule has 1 aromatic carbocycles. The van der Waals surface area contributed by atoms with E-state index in [1.807, 2.05) is 0 Å². The molecule has 0 spiro atoms. The summed E-state index contributed by atoms with van der Waals surface area (Å²) in [5.41, 5.74) is 1.33. The predicted octanol–water partition coefficient (Wildman–Crippen LogP) is 0.109. The van der Waals surface area contributed by atoms with E-state index < -0.39 is 11.9 Å². The lowest BCUT2D eigenvalue weighted by molar-refractivity contribution is -0.137. The minimum Gasteiger partial charge on any atom is -0.344 e. The van der Waals surface area contributed by atoms with Crippen molar-refractivity contribution in [2.45, 2.75) is 32.2 Å². The minimum absolute atomic E-state index is 0.0884. The zero-order valence-electron chi connectivity index (χ0n) is 12.1. The van der Waals surface area contributed by atoms with Crippen molar-refractivity contribution in [3.63, 3.8) is 0 Å². The number of carbonyl (C=O) groups is 4. The molecule has 22 heavy (non-hydrogen) atoms. The van der Waals surface area contributed by atoms with E-state index in [1.165, 1.54) is 6.92 Å². The predicted molar refractivity (Wildman–Crippen MR) is 78.8 cm³/mol. The minimum atomic E-state index is -0.677. The molecule has 0 radical (unpaired) electrons.